The molecule has 20 heavy (non-hydrogen) atoms. The molecule has 106 valence electrons. The number of sulfonamides is 1. The van der Waals surface area contributed by atoms with E-state index in [9.17, 15) is 8.42 Å². The molecule has 0 radical (unpaired) electrons. The monoisotopic (exact) mass is 394 g/mol. The molecule has 1 N–H and O–H groups in total. The molecular weight excluding hydrogens is 387 g/mol. The summed E-state index contributed by atoms with van der Waals surface area (Å²) in [5, 5.41) is 0.146. The van der Waals surface area contributed by atoms with Crippen LogP contribution in [-0.2, 0) is 10.0 Å². The highest BCUT2D eigenvalue weighted by Gasteiger charge is 2.17. The van der Waals surface area contributed by atoms with E-state index >= 15 is 0 Å². The second kappa shape index (κ2) is 5.89. The van der Waals surface area contributed by atoms with E-state index in [1.54, 1.807) is 19.1 Å². The molecule has 1 heterocycles. The summed E-state index contributed by atoms with van der Waals surface area (Å²) >= 11 is 14.8. The van der Waals surface area contributed by atoms with Gasteiger partial charge < -0.3 is 0 Å². The van der Waals surface area contributed by atoms with Gasteiger partial charge in [-0.05, 0) is 36.8 Å². The minimum absolute atomic E-state index is 0.0470. The number of nitrogens with one attached hydrogen (secondary N) is 1. The van der Waals surface area contributed by atoms with E-state index in [4.69, 9.17) is 23.2 Å². The maximum Gasteiger partial charge on any atom is 0.263 e. The molecule has 1 aromatic carbocycles. The number of anilines is 1. The number of nitrogens with zero attached hydrogens (tertiary/aromatic N) is 1. The third kappa shape index (κ3) is 3.44. The molecule has 0 amide bonds. The van der Waals surface area contributed by atoms with Crippen molar-refractivity contribution in [2.45, 2.75) is 11.8 Å². The first-order valence-electron chi connectivity index (χ1n) is 5.39. The van der Waals surface area contributed by atoms with Crippen LogP contribution in [0.15, 0.2) is 39.8 Å². The van der Waals surface area contributed by atoms with Crippen molar-refractivity contribution in [2.24, 2.45) is 0 Å². The molecule has 0 aliphatic rings. The Morgan fingerprint density at radius 2 is 1.95 bits per heavy atom. The molecule has 0 atom stereocenters. The van der Waals surface area contributed by atoms with Crippen molar-refractivity contribution in [1.29, 1.82) is 0 Å². The summed E-state index contributed by atoms with van der Waals surface area (Å²) in [4.78, 5) is 3.68. The molecule has 2 rings (SSSR count). The number of halogens is 3. The van der Waals surface area contributed by atoms with Crippen molar-refractivity contribution < 1.29 is 8.42 Å². The van der Waals surface area contributed by atoms with Gasteiger partial charge in [0.15, 0.2) is 0 Å². The van der Waals surface area contributed by atoms with Crippen LogP contribution < -0.4 is 4.72 Å². The van der Waals surface area contributed by atoms with E-state index in [-0.39, 0.29) is 15.1 Å². The molecule has 2 aromatic rings. The third-order valence-corrected chi connectivity index (χ3v) is 5.03. The number of hydrogen-bond acceptors (Lipinski definition) is 3. The van der Waals surface area contributed by atoms with Crippen LogP contribution in [0.2, 0.25) is 10.2 Å². The van der Waals surface area contributed by atoms with Gasteiger partial charge in [-0.1, -0.05) is 39.1 Å². The maximum atomic E-state index is 12.2. The lowest BCUT2D eigenvalue weighted by Crippen LogP contribution is -2.14. The van der Waals surface area contributed by atoms with Gasteiger partial charge in [0.2, 0.25) is 0 Å². The number of benzene rings is 1. The second-order valence-electron chi connectivity index (χ2n) is 4.01. The molecule has 4 nitrogen and oxygen atoms in total. The Morgan fingerprint density at radius 3 is 2.55 bits per heavy atom. The van der Waals surface area contributed by atoms with Gasteiger partial charge in [0.1, 0.15) is 10.0 Å². The van der Waals surface area contributed by atoms with Crippen LogP contribution >= 0.6 is 39.1 Å². The number of aryl methyl sites for hydroxylation is 1. The fourth-order valence-corrected chi connectivity index (χ4v) is 3.41. The number of aromatic nitrogens is 1. The molecule has 0 bridgehead atoms. The zero-order chi connectivity index (χ0) is 14.9. The molecule has 0 unspecified atom stereocenters. The van der Waals surface area contributed by atoms with E-state index in [0.29, 0.717) is 5.69 Å². The zero-order valence-corrected chi connectivity index (χ0v) is 14.1. The smallest absolute Gasteiger partial charge is 0.263 e. The van der Waals surface area contributed by atoms with E-state index < -0.39 is 10.0 Å². The summed E-state index contributed by atoms with van der Waals surface area (Å²) < 4.78 is 27.8. The maximum absolute atomic E-state index is 12.2. The predicted octanol–water partition coefficient (Wildman–Crippen LogP) is 4.26. The van der Waals surface area contributed by atoms with Crippen LogP contribution in [0.25, 0.3) is 0 Å². The average molecular weight is 396 g/mol. The standard InChI is InChI=1S/C12H9BrCl2N2O2S/c1-7-4-8(13)2-3-11(7)17-20(18,19)9-5-10(14)12(15)16-6-9/h2-6,17H,1H3. The summed E-state index contributed by atoms with van der Waals surface area (Å²) in [6, 6.07) is 6.48. The second-order valence-corrected chi connectivity index (χ2v) is 7.37. The largest absolute Gasteiger partial charge is 0.279 e. The quantitative estimate of drug-likeness (QED) is 0.789. The molecule has 8 heteroatoms. The Bertz CT molecular complexity index is 766. The van der Waals surface area contributed by atoms with Gasteiger partial charge in [0.25, 0.3) is 10.0 Å². The van der Waals surface area contributed by atoms with Crippen molar-refractivity contribution in [3.05, 3.63) is 50.7 Å². The Balaban J connectivity index is 2.38. The summed E-state index contributed by atoms with van der Waals surface area (Å²) in [7, 11) is -3.76. The topological polar surface area (TPSA) is 59.1 Å². The normalized spacial score (nSPS) is 11.4. The summed E-state index contributed by atoms with van der Waals surface area (Å²) in [5.41, 5.74) is 1.27. The van der Waals surface area contributed by atoms with Crippen molar-refractivity contribution in [3.63, 3.8) is 0 Å². The van der Waals surface area contributed by atoms with Crippen LogP contribution in [0.5, 0.6) is 0 Å². The van der Waals surface area contributed by atoms with Crippen LogP contribution in [0.3, 0.4) is 0 Å². The Morgan fingerprint density at radius 1 is 1.25 bits per heavy atom. The van der Waals surface area contributed by atoms with Crippen LogP contribution in [0.1, 0.15) is 5.56 Å². The summed E-state index contributed by atoms with van der Waals surface area (Å²) in [6.07, 6.45) is 1.16. The van der Waals surface area contributed by atoms with Crippen molar-refractivity contribution in [3.8, 4) is 0 Å². The van der Waals surface area contributed by atoms with Crippen molar-refractivity contribution in [1.82, 2.24) is 4.98 Å². The van der Waals surface area contributed by atoms with E-state index in [1.807, 2.05) is 6.07 Å². The molecule has 0 spiro atoms. The summed E-state index contributed by atoms with van der Waals surface area (Å²) in [6.45, 7) is 1.80. The van der Waals surface area contributed by atoms with E-state index in [2.05, 4.69) is 25.6 Å². The predicted molar refractivity (Wildman–Crippen MR) is 83.9 cm³/mol. The lowest BCUT2D eigenvalue weighted by atomic mass is 10.2. The van der Waals surface area contributed by atoms with Crippen molar-refractivity contribution >= 4 is 54.8 Å². The molecule has 0 aliphatic heterocycles. The molecule has 0 saturated carbocycles. The van der Waals surface area contributed by atoms with Gasteiger partial charge in [-0.25, -0.2) is 13.4 Å². The van der Waals surface area contributed by atoms with Gasteiger partial charge in [-0.2, -0.15) is 0 Å². The average Bonchev–Trinajstić information content (AvgIpc) is 2.36. The molecule has 0 saturated heterocycles. The highest BCUT2D eigenvalue weighted by atomic mass is 79.9. The van der Waals surface area contributed by atoms with Crippen LogP contribution in [0.4, 0.5) is 5.69 Å². The Hall–Kier alpha value is -0.820. The number of pyridine rings is 1. The first-order valence-corrected chi connectivity index (χ1v) is 8.43. The number of rotatable bonds is 3. The van der Waals surface area contributed by atoms with Crippen LogP contribution in [0, 0.1) is 6.92 Å². The van der Waals surface area contributed by atoms with E-state index in [0.717, 1.165) is 16.2 Å². The Kier molecular flexibility index (Phi) is 4.59. The highest BCUT2D eigenvalue weighted by molar-refractivity contribution is 9.10. The fraction of sp³-hybridized carbons (Fsp3) is 0.0833. The van der Waals surface area contributed by atoms with Gasteiger partial charge >= 0.3 is 0 Å². The minimum atomic E-state index is -3.76. The van der Waals surface area contributed by atoms with Gasteiger partial charge in [-0.15, -0.1) is 0 Å². The third-order valence-electron chi connectivity index (χ3n) is 2.51. The molecular formula is C12H9BrCl2N2O2S. The molecule has 1 aromatic heterocycles. The zero-order valence-electron chi connectivity index (χ0n) is 10.2. The lowest BCUT2D eigenvalue weighted by Gasteiger charge is -2.11. The van der Waals surface area contributed by atoms with Crippen molar-refractivity contribution in [2.75, 3.05) is 4.72 Å². The van der Waals surface area contributed by atoms with Gasteiger partial charge in [0.05, 0.1) is 10.7 Å². The van der Waals surface area contributed by atoms with Crippen LogP contribution in [-0.4, -0.2) is 13.4 Å². The minimum Gasteiger partial charge on any atom is -0.279 e. The fourth-order valence-electron chi connectivity index (χ4n) is 1.50. The summed E-state index contributed by atoms with van der Waals surface area (Å²) in [5.74, 6) is 0. The highest BCUT2D eigenvalue weighted by Crippen LogP contribution is 2.26. The van der Waals surface area contributed by atoms with E-state index in [1.165, 1.54) is 6.07 Å². The first-order chi connectivity index (χ1) is 9.29. The first kappa shape index (κ1) is 15.6. The molecule has 0 aliphatic carbocycles. The number of hydrogen-bond donors (Lipinski definition) is 1. The molecule has 0 fully saturated rings. The Labute approximate surface area is 135 Å². The lowest BCUT2D eigenvalue weighted by molar-refractivity contribution is 0.601. The van der Waals surface area contributed by atoms with Gasteiger partial charge in [0, 0.05) is 10.7 Å². The van der Waals surface area contributed by atoms with Gasteiger partial charge in [-0.3, -0.25) is 4.72 Å². The SMILES string of the molecule is Cc1cc(Br)ccc1NS(=O)(=O)c1cnc(Cl)c(Cl)c1.